The first kappa shape index (κ1) is 16.5. The number of halogens is 11. The Morgan fingerprint density at radius 2 is 0.900 bits per heavy atom. The van der Waals surface area contributed by atoms with Crippen molar-refractivity contribution in [2.45, 2.75) is 18.3 Å². The fraction of sp³-hybridized carbons (Fsp3) is 0.333. The molecule has 0 fully saturated rings. The van der Waals surface area contributed by atoms with Crippen LogP contribution in [0.4, 0.5) is 48.3 Å². The first-order chi connectivity index (χ1) is 8.87. The van der Waals surface area contributed by atoms with Gasteiger partial charge in [0.15, 0.2) is 23.3 Å². The highest BCUT2D eigenvalue weighted by Gasteiger charge is 2.66. The third-order valence-electron chi connectivity index (χ3n) is 2.22. The molecule has 1 aromatic rings. The average Bonchev–Trinajstić information content (AvgIpc) is 2.33. The molecule has 0 spiro atoms. The van der Waals surface area contributed by atoms with Gasteiger partial charge in [-0.2, -0.15) is 17.6 Å². The van der Waals surface area contributed by atoms with Gasteiger partial charge < -0.3 is 0 Å². The van der Waals surface area contributed by atoms with Crippen molar-refractivity contribution in [3.8, 4) is 0 Å². The normalized spacial score (nSPS) is 13.2. The molecule has 1 rings (SSSR count). The van der Waals surface area contributed by atoms with Crippen LogP contribution in [0.15, 0.2) is 0 Å². The quantitative estimate of drug-likeness (QED) is 0.441. The van der Waals surface area contributed by atoms with Crippen molar-refractivity contribution >= 4 is 0 Å². The van der Waals surface area contributed by atoms with Gasteiger partial charge in [0.1, 0.15) is 5.56 Å². The monoisotopic (exact) mass is 318 g/mol. The largest absolute Gasteiger partial charge is 0.373 e. The molecule has 0 aliphatic rings. The Bertz CT molecular complexity index is 504. The Hall–Kier alpha value is -1.55. The zero-order chi connectivity index (χ0) is 16.0. The Morgan fingerprint density at radius 1 is 0.600 bits per heavy atom. The van der Waals surface area contributed by atoms with E-state index in [1.807, 2.05) is 0 Å². The molecule has 0 aliphatic heterocycles. The Kier molecular flexibility index (Phi) is 3.94. The van der Waals surface area contributed by atoms with E-state index in [2.05, 4.69) is 0 Å². The highest BCUT2D eigenvalue weighted by molar-refractivity contribution is 5.30. The van der Waals surface area contributed by atoms with Crippen LogP contribution in [-0.2, 0) is 5.92 Å². The molecule has 0 radical (unpaired) electrons. The number of alkyl halides is 6. The molecule has 0 saturated heterocycles. The van der Waals surface area contributed by atoms with Crippen LogP contribution in [0.2, 0.25) is 0 Å². The smallest absolute Gasteiger partial charge is 0.203 e. The minimum absolute atomic E-state index is 2.89. The third kappa shape index (κ3) is 2.08. The lowest BCUT2D eigenvalue weighted by molar-refractivity contribution is -0.272. The molecule has 114 valence electrons. The highest BCUT2D eigenvalue weighted by Crippen LogP contribution is 2.48. The van der Waals surface area contributed by atoms with Gasteiger partial charge in [-0.15, -0.1) is 0 Å². The molecule has 0 atom stereocenters. The predicted octanol–water partition coefficient (Wildman–Crippen LogP) is 4.37. The third-order valence-corrected chi connectivity index (χ3v) is 2.22. The van der Waals surface area contributed by atoms with E-state index in [1.165, 1.54) is 0 Å². The fourth-order valence-corrected chi connectivity index (χ4v) is 1.18. The van der Waals surface area contributed by atoms with Crippen LogP contribution in [-0.4, -0.2) is 12.3 Å². The Balaban J connectivity index is 3.71. The SMILES string of the molecule is Fc1c(F)c(F)c(C(F)(F)C(F)(F)C(F)F)c(F)c1F. The van der Waals surface area contributed by atoms with Crippen molar-refractivity contribution in [3.05, 3.63) is 34.6 Å². The Morgan fingerprint density at radius 3 is 1.20 bits per heavy atom. The molecule has 11 heteroatoms. The number of hydrogen-bond acceptors (Lipinski definition) is 0. The molecular weight excluding hydrogens is 317 g/mol. The molecule has 20 heavy (non-hydrogen) atoms. The van der Waals surface area contributed by atoms with Crippen molar-refractivity contribution in [3.63, 3.8) is 0 Å². The highest BCUT2D eigenvalue weighted by atomic mass is 19.3. The Labute approximate surface area is 102 Å². The van der Waals surface area contributed by atoms with Crippen molar-refractivity contribution in [1.82, 2.24) is 0 Å². The van der Waals surface area contributed by atoms with Crippen LogP contribution < -0.4 is 0 Å². The van der Waals surface area contributed by atoms with Crippen molar-refractivity contribution < 1.29 is 48.3 Å². The summed E-state index contributed by atoms with van der Waals surface area (Å²) in [6.07, 6.45) is -5.10. The molecular formula is C9HF11. The molecule has 1 aromatic carbocycles. The van der Waals surface area contributed by atoms with E-state index < -0.39 is 52.9 Å². The maximum absolute atomic E-state index is 13.0. The van der Waals surface area contributed by atoms with Gasteiger partial charge >= 0.3 is 18.3 Å². The second kappa shape index (κ2) is 4.77. The van der Waals surface area contributed by atoms with Gasteiger partial charge in [-0.25, -0.2) is 30.7 Å². The van der Waals surface area contributed by atoms with Crippen LogP contribution in [0.3, 0.4) is 0 Å². The number of hydrogen-bond donors (Lipinski definition) is 0. The van der Waals surface area contributed by atoms with E-state index in [0.717, 1.165) is 0 Å². The van der Waals surface area contributed by atoms with E-state index in [9.17, 15) is 48.3 Å². The van der Waals surface area contributed by atoms with Crippen LogP contribution in [0, 0.1) is 29.1 Å². The van der Waals surface area contributed by atoms with Gasteiger partial charge in [0.2, 0.25) is 5.82 Å². The predicted molar refractivity (Wildman–Crippen MR) is 41.1 cm³/mol. The lowest BCUT2D eigenvalue weighted by Gasteiger charge is -2.26. The standard InChI is InChI=1S/C9HF11/c10-2-1(3(11)5(13)6(14)4(2)12)8(17,18)9(19,20)7(15)16/h7H. The molecule has 0 unspecified atom stereocenters. The first-order valence-electron chi connectivity index (χ1n) is 4.43. The maximum Gasteiger partial charge on any atom is 0.373 e. The zero-order valence-corrected chi connectivity index (χ0v) is 8.73. The number of rotatable bonds is 3. The average molecular weight is 318 g/mol. The number of benzene rings is 1. The lowest BCUT2D eigenvalue weighted by atomic mass is 10.00. The minimum atomic E-state index is -6.34. The maximum atomic E-state index is 13.0. The fourth-order valence-electron chi connectivity index (χ4n) is 1.18. The summed E-state index contributed by atoms with van der Waals surface area (Å²) in [5, 5.41) is 0. The second-order valence-electron chi connectivity index (χ2n) is 3.44. The molecule has 0 N–H and O–H groups in total. The lowest BCUT2D eigenvalue weighted by Crippen LogP contribution is -2.45. The molecule has 0 aliphatic carbocycles. The van der Waals surface area contributed by atoms with Crippen LogP contribution in [0.25, 0.3) is 0 Å². The van der Waals surface area contributed by atoms with Crippen molar-refractivity contribution in [2.75, 3.05) is 0 Å². The van der Waals surface area contributed by atoms with Crippen LogP contribution >= 0.6 is 0 Å². The zero-order valence-electron chi connectivity index (χ0n) is 8.73. The summed E-state index contributed by atoms with van der Waals surface area (Å²) < 4.78 is 138. The van der Waals surface area contributed by atoms with Gasteiger partial charge in [0.25, 0.3) is 0 Å². The summed E-state index contributed by atoms with van der Waals surface area (Å²) in [7, 11) is 0. The molecule has 0 amide bonds. The van der Waals surface area contributed by atoms with Crippen molar-refractivity contribution in [1.29, 1.82) is 0 Å². The van der Waals surface area contributed by atoms with Gasteiger partial charge in [-0.1, -0.05) is 0 Å². The van der Waals surface area contributed by atoms with Crippen LogP contribution in [0.1, 0.15) is 5.56 Å². The van der Waals surface area contributed by atoms with E-state index >= 15 is 0 Å². The van der Waals surface area contributed by atoms with Gasteiger partial charge in [0.05, 0.1) is 0 Å². The van der Waals surface area contributed by atoms with Gasteiger partial charge in [-0.3, -0.25) is 0 Å². The van der Waals surface area contributed by atoms with E-state index in [0.29, 0.717) is 0 Å². The second-order valence-corrected chi connectivity index (χ2v) is 3.44. The first-order valence-corrected chi connectivity index (χ1v) is 4.43. The summed E-state index contributed by atoms with van der Waals surface area (Å²) in [5.74, 6) is -28.1. The summed E-state index contributed by atoms with van der Waals surface area (Å²) in [4.78, 5) is 0. The molecule has 0 saturated carbocycles. The van der Waals surface area contributed by atoms with Crippen LogP contribution in [0.5, 0.6) is 0 Å². The topological polar surface area (TPSA) is 0 Å². The van der Waals surface area contributed by atoms with Gasteiger partial charge in [0, 0.05) is 0 Å². The molecule has 0 aromatic heterocycles. The van der Waals surface area contributed by atoms with E-state index in [1.54, 1.807) is 0 Å². The summed E-state index contributed by atoms with van der Waals surface area (Å²) in [6, 6.07) is 0. The minimum Gasteiger partial charge on any atom is -0.203 e. The summed E-state index contributed by atoms with van der Waals surface area (Å²) in [6.45, 7) is 0. The van der Waals surface area contributed by atoms with E-state index in [-0.39, 0.29) is 0 Å². The molecule has 0 bridgehead atoms. The molecule has 0 nitrogen and oxygen atoms in total. The molecule has 0 heterocycles. The van der Waals surface area contributed by atoms with E-state index in [4.69, 9.17) is 0 Å². The summed E-state index contributed by atoms with van der Waals surface area (Å²) in [5.41, 5.74) is -3.32. The van der Waals surface area contributed by atoms with Crippen molar-refractivity contribution in [2.24, 2.45) is 0 Å². The van der Waals surface area contributed by atoms with Gasteiger partial charge in [-0.05, 0) is 0 Å². The summed E-state index contributed by atoms with van der Waals surface area (Å²) >= 11 is 0.